The summed E-state index contributed by atoms with van der Waals surface area (Å²) in [5, 5.41) is 14.7. The highest BCUT2D eigenvalue weighted by molar-refractivity contribution is 5.77. The van der Waals surface area contributed by atoms with Crippen LogP contribution in [0.5, 0.6) is 0 Å². The van der Waals surface area contributed by atoms with Gasteiger partial charge in [0.2, 0.25) is 5.91 Å². The highest BCUT2D eigenvalue weighted by Gasteiger charge is 2.32. The second kappa shape index (κ2) is 8.15. The largest absolute Gasteiger partial charge is 0.481 e. The molecule has 5 heteroatoms. The molecule has 0 aromatic carbocycles. The van der Waals surface area contributed by atoms with Crippen molar-refractivity contribution in [1.29, 1.82) is 0 Å². The number of unbranched alkanes of at least 4 members (excludes halogenated alkanes) is 1. The Bertz CT molecular complexity index is 299. The van der Waals surface area contributed by atoms with E-state index in [-0.39, 0.29) is 17.9 Å². The molecule has 5 nitrogen and oxygen atoms in total. The van der Waals surface area contributed by atoms with E-state index in [0.717, 1.165) is 19.3 Å². The molecule has 0 radical (unpaired) electrons. The number of hydrogen-bond donors (Lipinski definition) is 3. The lowest BCUT2D eigenvalue weighted by molar-refractivity contribution is -0.137. The van der Waals surface area contributed by atoms with E-state index < -0.39 is 5.97 Å². The number of nitrogens with one attached hydrogen (secondary N) is 2. The van der Waals surface area contributed by atoms with E-state index in [4.69, 9.17) is 5.11 Å². The van der Waals surface area contributed by atoms with Crippen LogP contribution in [0.1, 0.15) is 57.8 Å². The molecular formula is C14H26N2O3. The first kappa shape index (κ1) is 16.0. The van der Waals surface area contributed by atoms with Gasteiger partial charge in [0.05, 0.1) is 0 Å². The van der Waals surface area contributed by atoms with Crippen molar-refractivity contribution in [2.75, 3.05) is 13.6 Å². The van der Waals surface area contributed by atoms with Gasteiger partial charge in [-0.05, 0) is 32.7 Å². The van der Waals surface area contributed by atoms with Crippen molar-refractivity contribution in [1.82, 2.24) is 10.6 Å². The maximum atomic E-state index is 11.9. The van der Waals surface area contributed by atoms with Gasteiger partial charge in [-0.3, -0.25) is 9.59 Å². The smallest absolute Gasteiger partial charge is 0.303 e. The van der Waals surface area contributed by atoms with Crippen LogP contribution in [0, 0.1) is 0 Å². The minimum atomic E-state index is -0.775. The molecule has 0 unspecified atom stereocenters. The molecule has 110 valence electrons. The maximum absolute atomic E-state index is 11.9. The predicted molar refractivity (Wildman–Crippen MR) is 74.0 cm³/mol. The molecule has 0 saturated heterocycles. The lowest BCUT2D eigenvalue weighted by atomic mass is 9.79. The van der Waals surface area contributed by atoms with Crippen molar-refractivity contribution in [3.63, 3.8) is 0 Å². The van der Waals surface area contributed by atoms with Gasteiger partial charge in [-0.15, -0.1) is 0 Å². The number of rotatable bonds is 8. The van der Waals surface area contributed by atoms with Gasteiger partial charge < -0.3 is 15.7 Å². The fraction of sp³-hybridized carbons (Fsp3) is 0.857. The normalized spacial score (nSPS) is 17.9. The molecule has 1 fully saturated rings. The Morgan fingerprint density at radius 1 is 1.16 bits per heavy atom. The van der Waals surface area contributed by atoms with Crippen molar-refractivity contribution < 1.29 is 14.7 Å². The Morgan fingerprint density at radius 3 is 2.42 bits per heavy atom. The average molecular weight is 270 g/mol. The highest BCUT2D eigenvalue weighted by atomic mass is 16.4. The SMILES string of the molecule is CNC1(CC(=O)NCCCCC(=O)O)CCCCC1. The lowest BCUT2D eigenvalue weighted by Gasteiger charge is -2.36. The van der Waals surface area contributed by atoms with Crippen molar-refractivity contribution in [3.05, 3.63) is 0 Å². The zero-order valence-electron chi connectivity index (χ0n) is 11.8. The van der Waals surface area contributed by atoms with Crippen LogP contribution in [-0.2, 0) is 9.59 Å². The lowest BCUT2D eigenvalue weighted by Crippen LogP contribution is -2.48. The Balaban J connectivity index is 2.20. The molecular weight excluding hydrogens is 244 g/mol. The summed E-state index contributed by atoms with van der Waals surface area (Å²) in [7, 11) is 1.94. The van der Waals surface area contributed by atoms with Crippen molar-refractivity contribution >= 4 is 11.9 Å². The van der Waals surface area contributed by atoms with E-state index >= 15 is 0 Å². The summed E-state index contributed by atoms with van der Waals surface area (Å²) >= 11 is 0. The zero-order chi connectivity index (χ0) is 14.1. The van der Waals surface area contributed by atoms with Crippen LogP contribution in [0.3, 0.4) is 0 Å². The van der Waals surface area contributed by atoms with Crippen LogP contribution >= 0.6 is 0 Å². The summed E-state index contributed by atoms with van der Waals surface area (Å²) in [5.41, 5.74) is -0.0244. The van der Waals surface area contributed by atoms with Gasteiger partial charge in [-0.25, -0.2) is 0 Å². The minimum absolute atomic E-state index is 0.0244. The van der Waals surface area contributed by atoms with Crippen LogP contribution < -0.4 is 10.6 Å². The Hall–Kier alpha value is -1.10. The van der Waals surface area contributed by atoms with E-state index in [1.165, 1.54) is 19.3 Å². The summed E-state index contributed by atoms with van der Waals surface area (Å²) in [6, 6.07) is 0. The summed E-state index contributed by atoms with van der Waals surface area (Å²) in [5.74, 6) is -0.700. The summed E-state index contributed by atoms with van der Waals surface area (Å²) in [4.78, 5) is 22.2. The van der Waals surface area contributed by atoms with Crippen LogP contribution in [-0.4, -0.2) is 36.1 Å². The van der Waals surface area contributed by atoms with E-state index in [0.29, 0.717) is 19.4 Å². The second-order valence-electron chi connectivity index (χ2n) is 5.47. The predicted octanol–water partition coefficient (Wildman–Crippen LogP) is 1.67. The number of carboxylic acid groups (broad SMARTS) is 1. The topological polar surface area (TPSA) is 78.4 Å². The Labute approximate surface area is 115 Å². The van der Waals surface area contributed by atoms with Crippen LogP contribution in [0.4, 0.5) is 0 Å². The first-order valence-corrected chi connectivity index (χ1v) is 7.25. The number of hydrogen-bond acceptors (Lipinski definition) is 3. The molecule has 0 heterocycles. The van der Waals surface area contributed by atoms with Gasteiger partial charge in [0, 0.05) is 24.9 Å². The maximum Gasteiger partial charge on any atom is 0.303 e. The number of amides is 1. The number of carbonyl (C=O) groups excluding carboxylic acids is 1. The van der Waals surface area contributed by atoms with Gasteiger partial charge >= 0.3 is 5.97 Å². The third kappa shape index (κ3) is 6.05. The molecule has 0 aromatic rings. The van der Waals surface area contributed by atoms with Crippen molar-refractivity contribution in [3.8, 4) is 0 Å². The number of carbonyl (C=O) groups is 2. The van der Waals surface area contributed by atoms with Gasteiger partial charge in [-0.2, -0.15) is 0 Å². The molecule has 0 spiro atoms. The second-order valence-corrected chi connectivity index (χ2v) is 5.47. The zero-order valence-corrected chi connectivity index (χ0v) is 11.8. The van der Waals surface area contributed by atoms with E-state index in [1.807, 2.05) is 7.05 Å². The van der Waals surface area contributed by atoms with Gasteiger partial charge in [0.25, 0.3) is 0 Å². The molecule has 3 N–H and O–H groups in total. The molecule has 19 heavy (non-hydrogen) atoms. The Morgan fingerprint density at radius 2 is 1.84 bits per heavy atom. The Kier molecular flexibility index (Phi) is 6.84. The quantitative estimate of drug-likeness (QED) is 0.586. The molecule has 1 aliphatic rings. The van der Waals surface area contributed by atoms with Crippen LogP contribution in [0.15, 0.2) is 0 Å². The van der Waals surface area contributed by atoms with E-state index in [9.17, 15) is 9.59 Å². The minimum Gasteiger partial charge on any atom is -0.481 e. The molecule has 0 bridgehead atoms. The molecule has 1 saturated carbocycles. The first-order chi connectivity index (χ1) is 9.08. The van der Waals surface area contributed by atoms with Gasteiger partial charge in [-0.1, -0.05) is 19.3 Å². The van der Waals surface area contributed by atoms with Gasteiger partial charge in [0.1, 0.15) is 0 Å². The molecule has 0 aliphatic heterocycles. The average Bonchev–Trinajstić information content (AvgIpc) is 2.39. The molecule has 0 aromatic heterocycles. The summed E-state index contributed by atoms with van der Waals surface area (Å²) in [6.07, 6.45) is 7.82. The molecule has 1 amide bonds. The summed E-state index contributed by atoms with van der Waals surface area (Å²) in [6.45, 7) is 0.575. The molecule has 1 aliphatic carbocycles. The molecule has 0 atom stereocenters. The van der Waals surface area contributed by atoms with Crippen LogP contribution in [0.2, 0.25) is 0 Å². The third-order valence-corrected chi connectivity index (χ3v) is 3.98. The first-order valence-electron chi connectivity index (χ1n) is 7.25. The third-order valence-electron chi connectivity index (χ3n) is 3.98. The van der Waals surface area contributed by atoms with E-state index in [2.05, 4.69) is 10.6 Å². The van der Waals surface area contributed by atoms with Crippen LogP contribution in [0.25, 0.3) is 0 Å². The van der Waals surface area contributed by atoms with Crippen molar-refractivity contribution in [2.24, 2.45) is 0 Å². The number of aliphatic carboxylic acids is 1. The summed E-state index contributed by atoms with van der Waals surface area (Å²) < 4.78 is 0. The fourth-order valence-electron chi connectivity index (χ4n) is 2.74. The van der Waals surface area contributed by atoms with Gasteiger partial charge in [0.15, 0.2) is 0 Å². The number of carboxylic acids is 1. The monoisotopic (exact) mass is 270 g/mol. The standard InChI is InChI=1S/C14H26N2O3/c1-15-14(8-4-2-5-9-14)11-12(17)16-10-6-3-7-13(18)19/h15H,2-11H2,1H3,(H,16,17)(H,18,19). The van der Waals surface area contributed by atoms with Crippen molar-refractivity contribution in [2.45, 2.75) is 63.3 Å². The molecule has 1 rings (SSSR count). The highest BCUT2D eigenvalue weighted by Crippen LogP contribution is 2.30. The fourth-order valence-corrected chi connectivity index (χ4v) is 2.74. The van der Waals surface area contributed by atoms with E-state index in [1.54, 1.807) is 0 Å².